The molecule has 12 heavy (non-hydrogen) atoms. The molecule has 0 aromatic heterocycles. The van der Waals surface area contributed by atoms with Crippen LogP contribution in [0.25, 0.3) is 0 Å². The third-order valence-corrected chi connectivity index (χ3v) is 1.45. The minimum atomic E-state index is -2.88. The fraction of sp³-hybridized carbons (Fsp3) is 0.143. The summed E-state index contributed by atoms with van der Waals surface area (Å²) in [7, 11) is 0. The lowest BCUT2D eigenvalue weighted by Crippen LogP contribution is -2.01. The molecule has 0 radical (unpaired) electrons. The Bertz CT molecular complexity index is 278. The SMILES string of the molecule is Oc1ccc(OC(F)F)cc1Cl. The zero-order chi connectivity index (χ0) is 9.14. The molecule has 0 saturated carbocycles. The monoisotopic (exact) mass is 194 g/mol. The first-order valence-electron chi connectivity index (χ1n) is 3.03. The number of alkyl halides is 2. The summed E-state index contributed by atoms with van der Waals surface area (Å²) in [5.74, 6) is -0.244. The smallest absolute Gasteiger partial charge is 0.387 e. The molecule has 0 unspecified atom stereocenters. The summed E-state index contributed by atoms with van der Waals surface area (Å²) in [5.41, 5.74) is 0. The second kappa shape index (κ2) is 3.58. The van der Waals surface area contributed by atoms with Crippen LogP contribution in [0.2, 0.25) is 5.02 Å². The molecule has 2 nitrogen and oxygen atoms in total. The van der Waals surface area contributed by atoms with Gasteiger partial charge in [0.25, 0.3) is 0 Å². The Labute approximate surface area is 72.3 Å². The summed E-state index contributed by atoms with van der Waals surface area (Å²) in [6, 6.07) is 3.50. The van der Waals surface area contributed by atoms with Gasteiger partial charge in [-0.15, -0.1) is 0 Å². The Morgan fingerprint density at radius 3 is 2.58 bits per heavy atom. The first kappa shape index (κ1) is 9.06. The molecule has 0 saturated heterocycles. The molecule has 1 rings (SSSR count). The maximum Gasteiger partial charge on any atom is 0.387 e. The van der Waals surface area contributed by atoms with Gasteiger partial charge in [0, 0.05) is 6.07 Å². The molecule has 1 aromatic carbocycles. The standard InChI is InChI=1S/C7H5ClF2O2/c8-5-3-4(12-7(9)10)1-2-6(5)11/h1-3,7,11H. The molecule has 0 atom stereocenters. The molecule has 0 aliphatic carbocycles. The number of phenolic OH excluding ortho intramolecular Hbond substituents is 1. The number of hydrogen-bond acceptors (Lipinski definition) is 2. The van der Waals surface area contributed by atoms with Crippen molar-refractivity contribution in [3.63, 3.8) is 0 Å². The molecule has 66 valence electrons. The largest absolute Gasteiger partial charge is 0.506 e. The van der Waals surface area contributed by atoms with Gasteiger partial charge in [-0.05, 0) is 12.1 Å². The van der Waals surface area contributed by atoms with Crippen LogP contribution >= 0.6 is 11.6 Å². The van der Waals surface area contributed by atoms with Crippen LogP contribution in [-0.4, -0.2) is 11.7 Å². The first-order valence-corrected chi connectivity index (χ1v) is 3.40. The molecule has 1 aromatic rings. The summed E-state index contributed by atoms with van der Waals surface area (Å²) >= 11 is 5.42. The Morgan fingerprint density at radius 1 is 1.42 bits per heavy atom. The summed E-state index contributed by atoms with van der Waals surface area (Å²) in [6.07, 6.45) is 0. The molecule has 0 heterocycles. The van der Waals surface area contributed by atoms with Crippen molar-refractivity contribution in [1.82, 2.24) is 0 Å². The Morgan fingerprint density at radius 2 is 2.08 bits per heavy atom. The lowest BCUT2D eigenvalue weighted by atomic mass is 10.3. The number of rotatable bonds is 2. The van der Waals surface area contributed by atoms with Gasteiger partial charge in [0.1, 0.15) is 11.5 Å². The van der Waals surface area contributed by atoms with Gasteiger partial charge in [-0.25, -0.2) is 0 Å². The van der Waals surface area contributed by atoms with Crippen molar-refractivity contribution in [3.8, 4) is 11.5 Å². The van der Waals surface area contributed by atoms with Crippen molar-refractivity contribution in [2.75, 3.05) is 0 Å². The number of halogens is 3. The van der Waals surface area contributed by atoms with Gasteiger partial charge in [0.05, 0.1) is 5.02 Å². The molecule has 0 bridgehead atoms. The predicted molar refractivity (Wildman–Crippen MR) is 39.7 cm³/mol. The van der Waals surface area contributed by atoms with Gasteiger partial charge in [-0.2, -0.15) is 8.78 Å². The zero-order valence-corrected chi connectivity index (χ0v) is 6.55. The molecule has 0 amide bonds. The van der Waals surface area contributed by atoms with Crippen LogP contribution in [0.5, 0.6) is 11.5 Å². The fourth-order valence-electron chi connectivity index (χ4n) is 0.664. The number of aromatic hydroxyl groups is 1. The number of benzene rings is 1. The third kappa shape index (κ3) is 2.23. The van der Waals surface area contributed by atoms with E-state index in [1.54, 1.807) is 0 Å². The summed E-state index contributed by atoms with van der Waals surface area (Å²) in [4.78, 5) is 0. The van der Waals surface area contributed by atoms with E-state index in [-0.39, 0.29) is 16.5 Å². The van der Waals surface area contributed by atoms with E-state index in [4.69, 9.17) is 16.7 Å². The van der Waals surface area contributed by atoms with Crippen LogP contribution in [0.3, 0.4) is 0 Å². The van der Waals surface area contributed by atoms with Crippen molar-refractivity contribution < 1.29 is 18.6 Å². The van der Waals surface area contributed by atoms with E-state index < -0.39 is 6.61 Å². The highest BCUT2D eigenvalue weighted by molar-refractivity contribution is 6.32. The van der Waals surface area contributed by atoms with Crippen molar-refractivity contribution in [2.45, 2.75) is 6.61 Å². The highest BCUT2D eigenvalue weighted by Gasteiger charge is 2.05. The Balaban J connectivity index is 2.82. The van der Waals surface area contributed by atoms with Crippen molar-refractivity contribution in [1.29, 1.82) is 0 Å². The van der Waals surface area contributed by atoms with Crippen molar-refractivity contribution in [3.05, 3.63) is 23.2 Å². The number of ether oxygens (including phenoxy) is 1. The van der Waals surface area contributed by atoms with E-state index in [0.717, 1.165) is 6.07 Å². The fourth-order valence-corrected chi connectivity index (χ4v) is 0.834. The normalized spacial score (nSPS) is 10.3. The van der Waals surface area contributed by atoms with E-state index in [1.165, 1.54) is 12.1 Å². The van der Waals surface area contributed by atoms with E-state index >= 15 is 0 Å². The van der Waals surface area contributed by atoms with Gasteiger partial charge in [-0.1, -0.05) is 11.6 Å². The highest BCUT2D eigenvalue weighted by atomic mass is 35.5. The van der Waals surface area contributed by atoms with Gasteiger partial charge >= 0.3 is 6.61 Å². The van der Waals surface area contributed by atoms with Crippen LogP contribution in [0.4, 0.5) is 8.78 Å². The van der Waals surface area contributed by atoms with Gasteiger partial charge in [0.2, 0.25) is 0 Å². The molecular formula is C7H5ClF2O2. The lowest BCUT2D eigenvalue weighted by Gasteiger charge is -2.04. The summed E-state index contributed by atoms with van der Waals surface area (Å²) < 4.78 is 27.3. The highest BCUT2D eigenvalue weighted by Crippen LogP contribution is 2.27. The minimum absolute atomic E-state index is 0.0202. The number of phenols is 1. The van der Waals surface area contributed by atoms with Gasteiger partial charge in [0.15, 0.2) is 0 Å². The Hall–Kier alpha value is -1.03. The Kier molecular flexibility index (Phi) is 2.70. The van der Waals surface area contributed by atoms with E-state index in [0.29, 0.717) is 0 Å². The average Bonchev–Trinajstić information content (AvgIpc) is 1.96. The van der Waals surface area contributed by atoms with Crippen LogP contribution < -0.4 is 4.74 Å². The van der Waals surface area contributed by atoms with Gasteiger partial charge in [-0.3, -0.25) is 0 Å². The molecule has 0 fully saturated rings. The van der Waals surface area contributed by atoms with E-state index in [9.17, 15) is 8.78 Å². The van der Waals surface area contributed by atoms with Crippen LogP contribution in [-0.2, 0) is 0 Å². The van der Waals surface area contributed by atoms with Crippen molar-refractivity contribution in [2.24, 2.45) is 0 Å². The van der Waals surface area contributed by atoms with E-state index in [1.807, 2.05) is 0 Å². The van der Waals surface area contributed by atoms with Crippen molar-refractivity contribution >= 4 is 11.6 Å². The molecule has 0 spiro atoms. The zero-order valence-electron chi connectivity index (χ0n) is 5.80. The molecular weight excluding hydrogens is 190 g/mol. The van der Waals surface area contributed by atoms with Gasteiger partial charge < -0.3 is 9.84 Å². The van der Waals surface area contributed by atoms with Crippen LogP contribution in [0.15, 0.2) is 18.2 Å². The minimum Gasteiger partial charge on any atom is -0.506 e. The molecule has 0 aliphatic rings. The van der Waals surface area contributed by atoms with E-state index in [2.05, 4.69) is 4.74 Å². The van der Waals surface area contributed by atoms with Crippen LogP contribution in [0, 0.1) is 0 Å². The summed E-state index contributed by atoms with van der Waals surface area (Å²) in [6.45, 7) is -2.88. The third-order valence-electron chi connectivity index (χ3n) is 1.14. The second-order valence-corrected chi connectivity index (χ2v) is 2.40. The molecule has 0 aliphatic heterocycles. The quantitative estimate of drug-likeness (QED) is 0.784. The lowest BCUT2D eigenvalue weighted by molar-refractivity contribution is -0.0498. The maximum absolute atomic E-state index is 11.6. The maximum atomic E-state index is 11.6. The second-order valence-electron chi connectivity index (χ2n) is 1.99. The first-order chi connectivity index (χ1) is 5.59. The van der Waals surface area contributed by atoms with Crippen LogP contribution in [0.1, 0.15) is 0 Å². The molecule has 5 heteroatoms. The number of hydrogen-bond donors (Lipinski definition) is 1. The predicted octanol–water partition coefficient (Wildman–Crippen LogP) is 2.65. The topological polar surface area (TPSA) is 29.5 Å². The summed E-state index contributed by atoms with van der Waals surface area (Å²) in [5, 5.41) is 8.88. The average molecular weight is 195 g/mol. The molecule has 1 N–H and O–H groups in total.